The van der Waals surface area contributed by atoms with Gasteiger partial charge in [-0.25, -0.2) is 0 Å². The van der Waals surface area contributed by atoms with Gasteiger partial charge < -0.3 is 24.4 Å². The number of benzene rings is 1. The average molecular weight is 320 g/mol. The van der Waals surface area contributed by atoms with E-state index in [1.54, 1.807) is 12.1 Å². The summed E-state index contributed by atoms with van der Waals surface area (Å²) in [5.41, 5.74) is -0.472. The number of rotatable bonds is 6. The summed E-state index contributed by atoms with van der Waals surface area (Å²) in [6.45, 7) is 0. The Morgan fingerprint density at radius 3 is 2.17 bits per heavy atom. The van der Waals surface area contributed by atoms with Crippen LogP contribution in [0.15, 0.2) is 41.9 Å². The van der Waals surface area contributed by atoms with Crippen LogP contribution in [0.5, 0.6) is 11.5 Å². The number of carbonyl (C=O) groups excluding carboxylic acids is 1. The summed E-state index contributed by atoms with van der Waals surface area (Å²) in [5, 5.41) is 20.3. The van der Waals surface area contributed by atoms with Gasteiger partial charge in [-0.15, -0.1) is 0 Å². The van der Waals surface area contributed by atoms with Crippen molar-refractivity contribution in [3.8, 4) is 11.5 Å². The summed E-state index contributed by atoms with van der Waals surface area (Å²) in [4.78, 5) is 11.9. The van der Waals surface area contributed by atoms with Gasteiger partial charge in [-0.1, -0.05) is 6.07 Å². The van der Waals surface area contributed by atoms with Crippen molar-refractivity contribution in [2.75, 3.05) is 21.3 Å². The molecule has 2 N–H and O–H groups in total. The molecule has 0 unspecified atom stereocenters. The van der Waals surface area contributed by atoms with Gasteiger partial charge in [0.25, 0.3) is 5.78 Å². The topological polar surface area (TPSA) is 85.2 Å². The number of aliphatic hydroxyl groups is 1. The van der Waals surface area contributed by atoms with E-state index in [0.29, 0.717) is 18.6 Å². The van der Waals surface area contributed by atoms with Crippen LogP contribution in [0.4, 0.5) is 0 Å². The van der Waals surface area contributed by atoms with Crippen molar-refractivity contribution in [1.29, 1.82) is 0 Å². The average Bonchev–Trinajstić information content (AvgIpc) is 2.56. The molecule has 6 nitrogen and oxygen atoms in total. The normalized spacial score (nSPS) is 16.4. The van der Waals surface area contributed by atoms with Gasteiger partial charge in [-0.2, -0.15) is 0 Å². The first-order valence-electron chi connectivity index (χ1n) is 7.09. The number of hydrogen-bond acceptors (Lipinski definition) is 6. The van der Waals surface area contributed by atoms with Crippen molar-refractivity contribution >= 4 is 5.78 Å². The van der Waals surface area contributed by atoms with Crippen LogP contribution in [-0.2, 0) is 20.7 Å². The lowest BCUT2D eigenvalue weighted by atomic mass is 9.89. The quantitative estimate of drug-likeness (QED) is 0.830. The van der Waals surface area contributed by atoms with E-state index >= 15 is 0 Å². The maximum absolute atomic E-state index is 11.9. The predicted molar refractivity (Wildman–Crippen MR) is 83.1 cm³/mol. The first-order valence-corrected chi connectivity index (χ1v) is 7.09. The first-order chi connectivity index (χ1) is 10.9. The van der Waals surface area contributed by atoms with Crippen molar-refractivity contribution in [2.45, 2.75) is 18.4 Å². The smallest absolute Gasteiger partial charge is 0.261 e. The van der Waals surface area contributed by atoms with Gasteiger partial charge in [0, 0.05) is 0 Å². The Morgan fingerprint density at radius 1 is 1.04 bits per heavy atom. The first kappa shape index (κ1) is 16.9. The zero-order chi connectivity index (χ0) is 17.0. The van der Waals surface area contributed by atoms with E-state index in [9.17, 15) is 15.0 Å². The minimum absolute atomic E-state index is 0.0511. The summed E-state index contributed by atoms with van der Waals surface area (Å²) in [7, 11) is 4.21. The van der Waals surface area contributed by atoms with Gasteiger partial charge in [0.05, 0.1) is 21.3 Å². The maximum Gasteiger partial charge on any atom is 0.261 e. The molecule has 1 aromatic rings. The molecule has 23 heavy (non-hydrogen) atoms. The number of aromatic hydroxyl groups is 1. The van der Waals surface area contributed by atoms with Gasteiger partial charge in [-0.3, -0.25) is 4.79 Å². The second-order valence-electron chi connectivity index (χ2n) is 5.25. The Bertz CT molecular complexity index is 635. The molecule has 0 aromatic heterocycles. The zero-order valence-electron chi connectivity index (χ0n) is 13.3. The van der Waals surface area contributed by atoms with Crippen LogP contribution in [0.2, 0.25) is 0 Å². The molecule has 0 saturated carbocycles. The highest BCUT2D eigenvalue weighted by molar-refractivity contribution is 6.06. The third kappa shape index (κ3) is 3.65. The molecule has 1 aromatic carbocycles. The Labute approximate surface area is 134 Å². The number of ether oxygens (including phenoxy) is 3. The number of Topliss-reactive ketones (excluding diaryl/α,β-unsaturated/α-hetero) is 1. The van der Waals surface area contributed by atoms with Crippen molar-refractivity contribution in [2.24, 2.45) is 0 Å². The van der Waals surface area contributed by atoms with Crippen LogP contribution in [0, 0.1) is 0 Å². The van der Waals surface area contributed by atoms with Gasteiger partial charge in [-0.05, 0) is 42.7 Å². The molecule has 0 saturated heterocycles. The molecule has 0 radical (unpaired) electrons. The van der Waals surface area contributed by atoms with Crippen molar-refractivity contribution in [3.63, 3.8) is 0 Å². The van der Waals surface area contributed by atoms with Crippen LogP contribution >= 0.6 is 0 Å². The molecule has 0 spiro atoms. The maximum atomic E-state index is 11.9. The van der Waals surface area contributed by atoms with Gasteiger partial charge in [0.15, 0.2) is 23.0 Å². The minimum atomic E-state index is -1.35. The highest BCUT2D eigenvalue weighted by Gasteiger charge is 2.33. The van der Waals surface area contributed by atoms with E-state index in [-0.39, 0.29) is 17.3 Å². The minimum Gasteiger partial charge on any atom is -0.504 e. The summed E-state index contributed by atoms with van der Waals surface area (Å²) < 4.78 is 15.1. The number of methoxy groups -OCH3 is 3. The van der Waals surface area contributed by atoms with E-state index in [1.807, 2.05) is 0 Å². The summed E-state index contributed by atoms with van der Waals surface area (Å²) in [6.07, 6.45) is 3.58. The third-order valence-electron chi connectivity index (χ3n) is 3.71. The molecule has 0 bridgehead atoms. The fourth-order valence-corrected chi connectivity index (χ4v) is 2.42. The summed E-state index contributed by atoms with van der Waals surface area (Å²) in [5.74, 6) is 0.132. The Morgan fingerprint density at radius 2 is 1.65 bits per heavy atom. The fraction of sp³-hybridized carbons (Fsp3) is 0.353. The molecule has 6 heteroatoms. The molecule has 0 fully saturated rings. The number of ketones is 1. The lowest BCUT2D eigenvalue weighted by Gasteiger charge is -2.26. The second kappa shape index (κ2) is 6.75. The number of hydrogen-bond donors (Lipinski definition) is 2. The van der Waals surface area contributed by atoms with Gasteiger partial charge in [0.2, 0.25) is 0 Å². The van der Waals surface area contributed by atoms with E-state index in [1.165, 1.54) is 39.5 Å². The predicted octanol–water partition coefficient (Wildman–Crippen LogP) is 1.71. The van der Waals surface area contributed by atoms with E-state index in [0.717, 1.165) is 5.56 Å². The molecule has 1 aliphatic carbocycles. The lowest BCUT2D eigenvalue weighted by molar-refractivity contribution is -0.118. The monoisotopic (exact) mass is 320 g/mol. The van der Waals surface area contributed by atoms with Crippen LogP contribution < -0.4 is 4.74 Å². The molecular weight excluding hydrogens is 300 g/mol. The number of phenolic OH excluding ortho intramolecular Hbond substituents is 1. The van der Waals surface area contributed by atoms with Crippen molar-refractivity contribution in [1.82, 2.24) is 0 Å². The van der Waals surface area contributed by atoms with Crippen LogP contribution in [-0.4, -0.2) is 42.9 Å². The molecule has 0 amide bonds. The fourth-order valence-electron chi connectivity index (χ4n) is 2.42. The molecule has 124 valence electrons. The largest absolute Gasteiger partial charge is 0.504 e. The molecule has 0 heterocycles. The molecule has 0 atom stereocenters. The highest BCUT2D eigenvalue weighted by Crippen LogP contribution is 2.30. The number of phenols is 1. The van der Waals surface area contributed by atoms with Crippen molar-refractivity contribution in [3.05, 3.63) is 47.4 Å². The van der Waals surface area contributed by atoms with Gasteiger partial charge >= 0.3 is 0 Å². The Kier molecular flexibility index (Phi) is 4.95. The molecule has 0 aliphatic heterocycles. The third-order valence-corrected chi connectivity index (χ3v) is 3.71. The van der Waals surface area contributed by atoms with E-state index < -0.39 is 11.4 Å². The second-order valence-corrected chi connectivity index (χ2v) is 5.25. The number of carbonyl (C=O) groups is 1. The number of aryl methyl sites for hydroxylation is 1. The van der Waals surface area contributed by atoms with Gasteiger partial charge in [0.1, 0.15) is 5.60 Å². The molecule has 2 rings (SSSR count). The summed E-state index contributed by atoms with van der Waals surface area (Å²) >= 11 is 0. The standard InChI is InChI=1S/C17H20O6/c1-21-13-8-11(4-5-12(13)18)6-7-17(20)9-14(22-2)16(19)15(10-17)23-3/h4-5,8-10,18,20H,6-7H2,1-3H3. The van der Waals surface area contributed by atoms with Crippen LogP contribution in [0.3, 0.4) is 0 Å². The molecular formula is C17H20O6. The van der Waals surface area contributed by atoms with E-state index in [4.69, 9.17) is 14.2 Å². The zero-order valence-corrected chi connectivity index (χ0v) is 13.3. The van der Waals surface area contributed by atoms with Crippen LogP contribution in [0.1, 0.15) is 12.0 Å². The highest BCUT2D eigenvalue weighted by atomic mass is 16.5. The van der Waals surface area contributed by atoms with Crippen LogP contribution in [0.25, 0.3) is 0 Å². The molecule has 1 aliphatic rings. The Balaban J connectivity index is 2.19. The SMILES string of the molecule is COC1=CC(O)(CCc2ccc(O)c(OC)c2)C=C(OC)C1=O. The van der Waals surface area contributed by atoms with Crippen molar-refractivity contribution < 1.29 is 29.2 Å². The Hall–Kier alpha value is -2.47. The summed E-state index contributed by atoms with van der Waals surface area (Å²) in [6, 6.07) is 4.99. The lowest BCUT2D eigenvalue weighted by Crippen LogP contribution is -2.31. The van der Waals surface area contributed by atoms with E-state index in [2.05, 4.69) is 0 Å².